The Morgan fingerprint density at radius 1 is 1.27 bits per heavy atom. The van der Waals surface area contributed by atoms with Crippen molar-refractivity contribution in [3.8, 4) is 0 Å². The fraction of sp³-hybridized carbons (Fsp3) is 0.0667. The van der Waals surface area contributed by atoms with Crippen molar-refractivity contribution >= 4 is 57.4 Å². The number of thioether (sulfide) groups is 1. The molecule has 22 heavy (non-hydrogen) atoms. The number of aliphatic imine (C=N–C) groups is 1. The monoisotopic (exact) mass is 397 g/mol. The minimum absolute atomic E-state index is 0. The minimum Gasteiger partial charge on any atom is -0.463 e. The van der Waals surface area contributed by atoms with E-state index in [-0.39, 0.29) is 17.0 Å². The highest BCUT2D eigenvalue weighted by molar-refractivity contribution is 8.93. The second-order valence-electron chi connectivity index (χ2n) is 4.32. The molecule has 2 heterocycles. The molecule has 0 aliphatic carbocycles. The molecular formula is C15H13BrClN3OS. The molecule has 1 N–H and O–H groups in total. The molecule has 0 saturated carbocycles. The molecular weight excluding hydrogens is 386 g/mol. The summed E-state index contributed by atoms with van der Waals surface area (Å²) in [6.07, 6.45) is 3.26. The van der Waals surface area contributed by atoms with E-state index in [2.05, 4.69) is 15.5 Å². The average Bonchev–Trinajstić information content (AvgIpc) is 3.00. The Balaban J connectivity index is 0.00000176. The summed E-state index contributed by atoms with van der Waals surface area (Å²) in [5.41, 5.74) is 5.05. The number of hydrogen-bond acceptors (Lipinski definition) is 5. The number of furan rings is 1. The summed E-state index contributed by atoms with van der Waals surface area (Å²) >= 11 is 7.41. The summed E-state index contributed by atoms with van der Waals surface area (Å²) < 4.78 is 5.19. The van der Waals surface area contributed by atoms with Gasteiger partial charge >= 0.3 is 0 Å². The van der Waals surface area contributed by atoms with E-state index in [1.807, 2.05) is 43.3 Å². The fourth-order valence-corrected chi connectivity index (χ4v) is 2.68. The maximum atomic E-state index is 5.90. The van der Waals surface area contributed by atoms with Crippen molar-refractivity contribution in [2.45, 2.75) is 6.92 Å². The zero-order chi connectivity index (χ0) is 14.7. The third kappa shape index (κ3) is 4.03. The SMILES string of the molecule is Br.CC1=C(c2ccc(Cl)cc2)NN=C(/N=C/c2ccco2)S1. The van der Waals surface area contributed by atoms with Gasteiger partial charge in [0, 0.05) is 15.5 Å². The van der Waals surface area contributed by atoms with Gasteiger partial charge in [-0.1, -0.05) is 35.5 Å². The molecule has 1 aliphatic rings. The highest BCUT2D eigenvalue weighted by Gasteiger charge is 2.14. The molecule has 7 heteroatoms. The Morgan fingerprint density at radius 2 is 2.05 bits per heavy atom. The molecule has 1 aliphatic heterocycles. The van der Waals surface area contributed by atoms with Crippen molar-refractivity contribution in [1.82, 2.24) is 5.43 Å². The first kappa shape index (κ1) is 16.9. The zero-order valence-corrected chi connectivity index (χ0v) is 14.9. The largest absolute Gasteiger partial charge is 0.463 e. The van der Waals surface area contributed by atoms with Crippen LogP contribution in [0.2, 0.25) is 5.02 Å². The maximum absolute atomic E-state index is 5.90. The molecule has 0 bridgehead atoms. The van der Waals surface area contributed by atoms with Crippen molar-refractivity contribution in [2.75, 3.05) is 0 Å². The van der Waals surface area contributed by atoms with Gasteiger partial charge in [0.05, 0.1) is 18.2 Å². The predicted molar refractivity (Wildman–Crippen MR) is 98.8 cm³/mol. The van der Waals surface area contributed by atoms with E-state index in [1.165, 1.54) is 11.8 Å². The molecule has 0 saturated heterocycles. The van der Waals surface area contributed by atoms with Crippen molar-refractivity contribution in [3.63, 3.8) is 0 Å². The first-order valence-corrected chi connectivity index (χ1v) is 7.48. The van der Waals surface area contributed by atoms with Gasteiger partial charge < -0.3 is 4.42 Å². The van der Waals surface area contributed by atoms with Crippen LogP contribution in [0.4, 0.5) is 0 Å². The predicted octanol–water partition coefficient (Wildman–Crippen LogP) is 4.93. The van der Waals surface area contributed by atoms with Crippen molar-refractivity contribution in [3.05, 3.63) is 63.9 Å². The van der Waals surface area contributed by atoms with Crippen LogP contribution < -0.4 is 5.43 Å². The Hall–Kier alpha value is -1.50. The molecule has 0 amide bonds. The quantitative estimate of drug-likeness (QED) is 0.730. The van der Waals surface area contributed by atoms with Gasteiger partial charge in [-0.25, -0.2) is 4.99 Å². The Bertz CT molecular complexity index is 724. The fourth-order valence-electron chi connectivity index (χ4n) is 1.82. The van der Waals surface area contributed by atoms with Gasteiger partial charge in [0.2, 0.25) is 5.17 Å². The molecule has 0 unspecified atom stereocenters. The topological polar surface area (TPSA) is 49.9 Å². The Labute approximate surface area is 148 Å². The normalized spacial score (nSPS) is 14.5. The van der Waals surface area contributed by atoms with Crippen LogP contribution in [0.15, 0.2) is 62.1 Å². The van der Waals surface area contributed by atoms with Crippen LogP contribution in [0.5, 0.6) is 0 Å². The molecule has 0 fully saturated rings. The standard InChI is InChI=1S/C15H12ClN3OS.BrH/c1-10-14(11-4-6-12(16)7-5-11)18-19-15(21-10)17-9-13-3-2-8-20-13;/h2-9,18H,1H3;1H/b17-9+;. The summed E-state index contributed by atoms with van der Waals surface area (Å²) in [6, 6.07) is 11.3. The summed E-state index contributed by atoms with van der Waals surface area (Å²) in [5, 5.41) is 5.61. The number of nitrogens with zero attached hydrogens (tertiary/aromatic N) is 2. The van der Waals surface area contributed by atoms with Gasteiger partial charge in [-0.15, -0.1) is 22.1 Å². The van der Waals surface area contributed by atoms with Crippen LogP contribution in [0.3, 0.4) is 0 Å². The van der Waals surface area contributed by atoms with Crippen LogP contribution in [-0.4, -0.2) is 11.4 Å². The summed E-state index contributed by atoms with van der Waals surface area (Å²) in [6.45, 7) is 2.03. The second-order valence-corrected chi connectivity index (χ2v) is 5.94. The van der Waals surface area contributed by atoms with Gasteiger partial charge in [0.1, 0.15) is 5.76 Å². The van der Waals surface area contributed by atoms with Gasteiger partial charge in [0.15, 0.2) is 0 Å². The van der Waals surface area contributed by atoms with E-state index in [1.54, 1.807) is 12.5 Å². The smallest absolute Gasteiger partial charge is 0.211 e. The number of allylic oxidation sites excluding steroid dienone is 1. The average molecular weight is 399 g/mol. The van der Waals surface area contributed by atoms with E-state index in [0.717, 1.165) is 16.2 Å². The molecule has 2 aromatic rings. The van der Waals surface area contributed by atoms with Crippen molar-refractivity contribution in [1.29, 1.82) is 0 Å². The number of nitrogens with one attached hydrogen (secondary N) is 1. The first-order valence-electron chi connectivity index (χ1n) is 6.28. The van der Waals surface area contributed by atoms with Crippen LogP contribution in [0, 0.1) is 0 Å². The highest BCUT2D eigenvalue weighted by Crippen LogP contribution is 2.30. The lowest BCUT2D eigenvalue weighted by molar-refractivity contribution is 0.560. The zero-order valence-electron chi connectivity index (χ0n) is 11.6. The van der Waals surface area contributed by atoms with Gasteiger partial charge in [-0.05, 0) is 31.2 Å². The number of halogens is 2. The number of hydrogen-bond donors (Lipinski definition) is 1. The van der Waals surface area contributed by atoms with E-state index >= 15 is 0 Å². The van der Waals surface area contributed by atoms with Crippen LogP contribution in [-0.2, 0) is 0 Å². The highest BCUT2D eigenvalue weighted by atomic mass is 79.9. The van der Waals surface area contributed by atoms with Crippen LogP contribution in [0.1, 0.15) is 18.2 Å². The molecule has 0 radical (unpaired) electrons. The molecule has 1 aromatic carbocycles. The van der Waals surface area contributed by atoms with Gasteiger partial charge in [-0.2, -0.15) is 0 Å². The van der Waals surface area contributed by atoms with Crippen LogP contribution in [0.25, 0.3) is 5.70 Å². The minimum atomic E-state index is 0. The Kier molecular flexibility index (Phi) is 5.88. The van der Waals surface area contributed by atoms with E-state index in [9.17, 15) is 0 Å². The number of amidine groups is 1. The number of benzene rings is 1. The van der Waals surface area contributed by atoms with E-state index < -0.39 is 0 Å². The molecule has 1 aromatic heterocycles. The second kappa shape index (κ2) is 7.67. The summed E-state index contributed by atoms with van der Waals surface area (Å²) in [5.74, 6) is 0.698. The van der Waals surface area contributed by atoms with Crippen molar-refractivity contribution in [2.24, 2.45) is 10.1 Å². The molecule has 4 nitrogen and oxygen atoms in total. The number of hydrazone groups is 1. The molecule has 0 atom stereocenters. The lowest BCUT2D eigenvalue weighted by atomic mass is 10.1. The maximum Gasteiger partial charge on any atom is 0.211 e. The lowest BCUT2D eigenvalue weighted by Crippen LogP contribution is -2.13. The number of rotatable bonds is 2. The molecule has 114 valence electrons. The van der Waals surface area contributed by atoms with Gasteiger partial charge in [-0.3, -0.25) is 5.43 Å². The molecule has 3 rings (SSSR count). The van der Waals surface area contributed by atoms with Crippen LogP contribution >= 0.6 is 40.3 Å². The van der Waals surface area contributed by atoms with Gasteiger partial charge in [0.25, 0.3) is 0 Å². The third-order valence-electron chi connectivity index (χ3n) is 2.84. The first-order chi connectivity index (χ1) is 10.2. The Morgan fingerprint density at radius 3 is 2.68 bits per heavy atom. The van der Waals surface area contributed by atoms with Crippen molar-refractivity contribution < 1.29 is 4.42 Å². The third-order valence-corrected chi connectivity index (χ3v) is 3.98. The summed E-state index contributed by atoms with van der Waals surface area (Å²) in [7, 11) is 0. The molecule has 0 spiro atoms. The lowest BCUT2D eigenvalue weighted by Gasteiger charge is -2.16. The van der Waals surface area contributed by atoms with E-state index in [4.69, 9.17) is 16.0 Å². The summed E-state index contributed by atoms with van der Waals surface area (Å²) in [4.78, 5) is 5.39. The van der Waals surface area contributed by atoms with E-state index in [0.29, 0.717) is 16.0 Å².